The minimum absolute atomic E-state index is 0.181. The van der Waals surface area contributed by atoms with Gasteiger partial charge in [0.15, 0.2) is 0 Å². The number of hydrogen-bond acceptors (Lipinski definition) is 6. The number of fused-ring (bicyclic) bond motifs is 1. The fourth-order valence-electron chi connectivity index (χ4n) is 2.85. The van der Waals surface area contributed by atoms with Gasteiger partial charge in [0.1, 0.15) is 10.8 Å². The second-order valence-electron chi connectivity index (χ2n) is 6.18. The van der Waals surface area contributed by atoms with E-state index in [2.05, 4.69) is 26.3 Å². The zero-order valence-electron chi connectivity index (χ0n) is 14.9. The lowest BCUT2D eigenvalue weighted by atomic mass is 10.1. The van der Waals surface area contributed by atoms with Crippen molar-refractivity contribution in [3.05, 3.63) is 71.8 Å². The molecule has 0 unspecified atom stereocenters. The van der Waals surface area contributed by atoms with Gasteiger partial charge >= 0.3 is 0 Å². The maximum Gasteiger partial charge on any atom is 0.222 e. The van der Waals surface area contributed by atoms with Crippen molar-refractivity contribution in [2.45, 2.75) is 12.8 Å². The number of aromatic nitrogens is 3. The molecule has 0 bridgehead atoms. The molecular formula is C21H16FN5S. The molecule has 2 heterocycles. The van der Waals surface area contributed by atoms with Gasteiger partial charge < -0.3 is 5.32 Å². The first-order valence-corrected chi connectivity index (χ1v) is 9.62. The maximum atomic E-state index is 13.0. The highest BCUT2D eigenvalue weighted by Gasteiger charge is 2.13. The molecule has 1 N–H and O–H groups in total. The van der Waals surface area contributed by atoms with Gasteiger partial charge in [-0.05, 0) is 36.2 Å². The summed E-state index contributed by atoms with van der Waals surface area (Å²) in [7, 11) is 0. The van der Waals surface area contributed by atoms with Crippen LogP contribution in [-0.4, -0.2) is 21.5 Å². The number of halogens is 1. The number of rotatable bonds is 6. The third-order valence-corrected chi connectivity index (χ3v) is 5.32. The number of benzene rings is 2. The molecule has 0 saturated carbocycles. The Kier molecular flexibility index (Phi) is 5.22. The smallest absolute Gasteiger partial charge is 0.222 e. The van der Waals surface area contributed by atoms with Crippen molar-refractivity contribution in [1.29, 1.82) is 5.26 Å². The van der Waals surface area contributed by atoms with Crippen LogP contribution in [0.15, 0.2) is 54.7 Å². The highest BCUT2D eigenvalue weighted by molar-refractivity contribution is 7.21. The van der Waals surface area contributed by atoms with Gasteiger partial charge in [0.2, 0.25) is 5.95 Å². The van der Waals surface area contributed by atoms with Crippen LogP contribution in [0.5, 0.6) is 0 Å². The highest BCUT2D eigenvalue weighted by Crippen LogP contribution is 2.31. The van der Waals surface area contributed by atoms with Crippen LogP contribution in [0.4, 0.5) is 10.3 Å². The summed E-state index contributed by atoms with van der Waals surface area (Å²) in [6.45, 7) is 0.609. The summed E-state index contributed by atoms with van der Waals surface area (Å²) in [5.74, 6) is 0.226. The van der Waals surface area contributed by atoms with E-state index in [1.165, 1.54) is 12.1 Å². The summed E-state index contributed by atoms with van der Waals surface area (Å²) in [5, 5.41) is 13.2. The first kappa shape index (κ1) is 18.0. The molecule has 0 radical (unpaired) electrons. The van der Waals surface area contributed by atoms with Crippen LogP contribution < -0.4 is 5.32 Å². The van der Waals surface area contributed by atoms with Crippen molar-refractivity contribution < 1.29 is 4.39 Å². The Morgan fingerprint density at radius 3 is 2.68 bits per heavy atom. The summed E-state index contributed by atoms with van der Waals surface area (Å²) in [4.78, 5) is 13.5. The molecule has 0 saturated heterocycles. The molecule has 0 atom stereocenters. The molecule has 4 rings (SSSR count). The monoisotopic (exact) mass is 389 g/mol. The van der Waals surface area contributed by atoms with Crippen LogP contribution in [0.1, 0.15) is 11.3 Å². The molecule has 7 heteroatoms. The molecule has 0 aliphatic heterocycles. The first-order valence-electron chi connectivity index (χ1n) is 8.80. The van der Waals surface area contributed by atoms with E-state index in [0.717, 1.165) is 32.8 Å². The third-order valence-electron chi connectivity index (χ3n) is 4.25. The molecular weight excluding hydrogens is 373 g/mol. The van der Waals surface area contributed by atoms with Crippen LogP contribution in [0.2, 0.25) is 0 Å². The summed E-state index contributed by atoms with van der Waals surface area (Å²) in [6, 6.07) is 16.5. The van der Waals surface area contributed by atoms with Gasteiger partial charge in [-0.3, -0.25) is 0 Å². The van der Waals surface area contributed by atoms with Crippen molar-refractivity contribution in [2.24, 2.45) is 0 Å². The normalized spacial score (nSPS) is 10.7. The lowest BCUT2D eigenvalue weighted by Crippen LogP contribution is -2.09. The van der Waals surface area contributed by atoms with E-state index in [0.29, 0.717) is 18.2 Å². The van der Waals surface area contributed by atoms with E-state index < -0.39 is 0 Å². The molecule has 0 aliphatic rings. The maximum absolute atomic E-state index is 13.0. The van der Waals surface area contributed by atoms with E-state index in [4.69, 9.17) is 0 Å². The van der Waals surface area contributed by atoms with E-state index in [1.807, 2.05) is 24.3 Å². The van der Waals surface area contributed by atoms with Crippen molar-refractivity contribution in [3.63, 3.8) is 0 Å². The fourth-order valence-corrected chi connectivity index (χ4v) is 3.85. The van der Waals surface area contributed by atoms with Gasteiger partial charge in [0.05, 0.1) is 34.0 Å². The Balaban J connectivity index is 1.53. The number of nitrogens with zero attached hydrogens (tertiary/aromatic N) is 4. The lowest BCUT2D eigenvalue weighted by molar-refractivity contribution is 0.627. The predicted molar refractivity (Wildman–Crippen MR) is 109 cm³/mol. The standard InChI is InChI=1S/C21H16FN5S/c22-15-7-5-14(6-8-15)10-12-24-21-25-13-16(17(27-21)9-11-23)20-26-18-3-1-2-4-19(18)28-20/h1-8,13H,9-10,12H2,(H,24,25,27). The van der Waals surface area contributed by atoms with E-state index in [1.54, 1.807) is 29.7 Å². The minimum atomic E-state index is -0.244. The molecule has 138 valence electrons. The highest BCUT2D eigenvalue weighted by atomic mass is 32.1. The number of nitrogens with one attached hydrogen (secondary N) is 1. The van der Waals surface area contributed by atoms with Crippen LogP contribution in [0, 0.1) is 17.1 Å². The average Bonchev–Trinajstić information content (AvgIpc) is 3.14. The Hall–Kier alpha value is -3.37. The molecule has 0 amide bonds. The average molecular weight is 389 g/mol. The first-order chi connectivity index (χ1) is 13.7. The number of nitriles is 1. The molecule has 5 nitrogen and oxygen atoms in total. The predicted octanol–water partition coefficient (Wildman–Crippen LogP) is 4.61. The SMILES string of the molecule is N#CCc1nc(NCCc2ccc(F)cc2)ncc1-c1nc2ccccc2s1. The van der Waals surface area contributed by atoms with E-state index in [9.17, 15) is 9.65 Å². The summed E-state index contributed by atoms with van der Waals surface area (Å²) in [6.07, 6.45) is 2.62. The number of para-hydroxylation sites is 1. The Labute approximate surface area is 165 Å². The Morgan fingerprint density at radius 2 is 1.89 bits per heavy atom. The number of hydrogen-bond donors (Lipinski definition) is 1. The molecule has 2 aromatic heterocycles. The fraction of sp³-hybridized carbons (Fsp3) is 0.143. The lowest BCUT2D eigenvalue weighted by Gasteiger charge is -2.08. The topological polar surface area (TPSA) is 74.5 Å². The minimum Gasteiger partial charge on any atom is -0.354 e. The van der Waals surface area contributed by atoms with Crippen LogP contribution in [0.3, 0.4) is 0 Å². The van der Waals surface area contributed by atoms with Gasteiger partial charge in [0.25, 0.3) is 0 Å². The van der Waals surface area contributed by atoms with E-state index >= 15 is 0 Å². The molecule has 0 aliphatic carbocycles. The van der Waals surface area contributed by atoms with Crippen LogP contribution in [-0.2, 0) is 12.8 Å². The summed E-state index contributed by atoms with van der Waals surface area (Å²) < 4.78 is 14.1. The molecule has 28 heavy (non-hydrogen) atoms. The molecule has 0 spiro atoms. The number of thiazole rings is 1. The van der Waals surface area contributed by atoms with Crippen LogP contribution in [0.25, 0.3) is 20.8 Å². The second kappa shape index (κ2) is 8.11. The Morgan fingerprint density at radius 1 is 1.07 bits per heavy atom. The van der Waals surface area contributed by atoms with Crippen molar-refractivity contribution in [2.75, 3.05) is 11.9 Å². The Bertz CT molecular complexity index is 1110. The van der Waals surface area contributed by atoms with Crippen LogP contribution >= 0.6 is 11.3 Å². The largest absolute Gasteiger partial charge is 0.354 e. The van der Waals surface area contributed by atoms with Gasteiger partial charge in [-0.15, -0.1) is 11.3 Å². The van der Waals surface area contributed by atoms with Crippen molar-refractivity contribution >= 4 is 27.5 Å². The van der Waals surface area contributed by atoms with Gasteiger partial charge in [-0.2, -0.15) is 5.26 Å². The molecule has 0 fully saturated rings. The second-order valence-corrected chi connectivity index (χ2v) is 7.21. The van der Waals surface area contributed by atoms with Gasteiger partial charge in [-0.25, -0.2) is 19.3 Å². The zero-order valence-corrected chi connectivity index (χ0v) is 15.7. The quantitative estimate of drug-likeness (QED) is 0.521. The van der Waals surface area contributed by atoms with Gasteiger partial charge in [-0.1, -0.05) is 24.3 Å². The van der Waals surface area contributed by atoms with E-state index in [-0.39, 0.29) is 12.2 Å². The van der Waals surface area contributed by atoms with Crippen molar-refractivity contribution in [3.8, 4) is 16.6 Å². The summed E-state index contributed by atoms with van der Waals surface area (Å²) in [5.41, 5.74) is 3.39. The number of anilines is 1. The van der Waals surface area contributed by atoms with Gasteiger partial charge in [0, 0.05) is 12.7 Å². The third kappa shape index (κ3) is 3.97. The summed E-state index contributed by atoms with van der Waals surface area (Å²) >= 11 is 1.56. The molecule has 2 aromatic carbocycles. The zero-order chi connectivity index (χ0) is 19.3. The van der Waals surface area contributed by atoms with Crippen molar-refractivity contribution in [1.82, 2.24) is 15.0 Å². The molecule has 4 aromatic rings.